The van der Waals surface area contributed by atoms with Crippen molar-refractivity contribution in [2.45, 2.75) is 38.6 Å². The van der Waals surface area contributed by atoms with Crippen molar-refractivity contribution in [3.05, 3.63) is 65.2 Å². The summed E-state index contributed by atoms with van der Waals surface area (Å²) in [5.74, 6) is -0.467. The Labute approximate surface area is 173 Å². The van der Waals surface area contributed by atoms with Crippen LogP contribution < -0.4 is 10.9 Å². The number of carbonyl (C=O) groups is 2. The van der Waals surface area contributed by atoms with Gasteiger partial charge in [-0.05, 0) is 29.9 Å². The third-order valence-electron chi connectivity index (χ3n) is 5.22. The minimum Gasteiger partial charge on any atom is -0.273 e. The van der Waals surface area contributed by atoms with Crippen LogP contribution in [0, 0.1) is 5.92 Å². The minimum atomic E-state index is -0.350. The number of benzene rings is 1. The van der Waals surface area contributed by atoms with Gasteiger partial charge < -0.3 is 0 Å². The number of rotatable bonds is 5. The average molecular weight is 409 g/mol. The highest BCUT2D eigenvalue weighted by molar-refractivity contribution is 7.13. The number of aromatic nitrogens is 2. The Balaban J connectivity index is 1.50. The van der Waals surface area contributed by atoms with Crippen LogP contribution in [0.2, 0.25) is 0 Å². The van der Waals surface area contributed by atoms with Gasteiger partial charge in [0.2, 0.25) is 5.91 Å². The first-order valence-electron chi connectivity index (χ1n) is 9.96. The fraction of sp³-hybridized carbons (Fsp3) is 0.318. The van der Waals surface area contributed by atoms with E-state index in [1.807, 2.05) is 47.8 Å². The van der Waals surface area contributed by atoms with Gasteiger partial charge in [-0.15, -0.1) is 11.3 Å². The summed E-state index contributed by atoms with van der Waals surface area (Å²) in [4.78, 5) is 26.1. The lowest BCUT2D eigenvalue weighted by molar-refractivity contribution is -0.126. The van der Waals surface area contributed by atoms with Gasteiger partial charge in [-0.1, -0.05) is 55.7 Å². The molecule has 29 heavy (non-hydrogen) atoms. The molecule has 0 atom stereocenters. The Morgan fingerprint density at radius 3 is 2.55 bits per heavy atom. The molecule has 2 heterocycles. The standard InChI is InChI=1S/C22H24N4O2S/c27-21(17-10-5-2-6-11-17)23-24-22(28)18-15-26(14-16-8-3-1-4-9-16)25-20(18)19-12-7-13-29-19/h1,3-4,7-9,12-13,15,17H,2,5-6,10-11,14H2,(H,23,27)(H,24,28). The Morgan fingerprint density at radius 2 is 1.83 bits per heavy atom. The molecule has 0 unspecified atom stereocenters. The summed E-state index contributed by atoms with van der Waals surface area (Å²) in [5, 5.41) is 6.60. The monoisotopic (exact) mass is 408 g/mol. The van der Waals surface area contributed by atoms with E-state index in [-0.39, 0.29) is 17.7 Å². The van der Waals surface area contributed by atoms with Crippen molar-refractivity contribution in [3.63, 3.8) is 0 Å². The van der Waals surface area contributed by atoms with Crippen molar-refractivity contribution in [3.8, 4) is 10.6 Å². The first-order chi connectivity index (χ1) is 14.2. The molecule has 2 N–H and O–H groups in total. The van der Waals surface area contributed by atoms with Gasteiger partial charge in [-0.3, -0.25) is 25.1 Å². The van der Waals surface area contributed by atoms with Crippen LogP contribution in [0.4, 0.5) is 0 Å². The van der Waals surface area contributed by atoms with Crippen LogP contribution in [0.3, 0.4) is 0 Å². The largest absolute Gasteiger partial charge is 0.273 e. The van der Waals surface area contributed by atoms with Crippen molar-refractivity contribution in [1.82, 2.24) is 20.6 Å². The van der Waals surface area contributed by atoms with Gasteiger partial charge in [-0.2, -0.15) is 5.10 Å². The number of hydrogen-bond acceptors (Lipinski definition) is 4. The summed E-state index contributed by atoms with van der Waals surface area (Å²) in [7, 11) is 0. The van der Waals surface area contributed by atoms with Gasteiger partial charge in [0.1, 0.15) is 5.69 Å². The van der Waals surface area contributed by atoms with Crippen LogP contribution in [0.25, 0.3) is 10.6 Å². The molecule has 1 saturated carbocycles. The smallest absolute Gasteiger partial charge is 0.273 e. The molecule has 1 fully saturated rings. The van der Waals surface area contributed by atoms with Crippen molar-refractivity contribution in [2.75, 3.05) is 0 Å². The highest BCUT2D eigenvalue weighted by Crippen LogP contribution is 2.27. The van der Waals surface area contributed by atoms with Crippen molar-refractivity contribution < 1.29 is 9.59 Å². The summed E-state index contributed by atoms with van der Waals surface area (Å²) in [6.45, 7) is 0.570. The Morgan fingerprint density at radius 1 is 1.03 bits per heavy atom. The van der Waals surface area contributed by atoms with Crippen LogP contribution in [0.15, 0.2) is 54.0 Å². The third kappa shape index (κ3) is 4.74. The minimum absolute atomic E-state index is 0.0124. The number of nitrogens with zero attached hydrogens (tertiary/aromatic N) is 2. The molecule has 2 aromatic heterocycles. The number of carbonyl (C=O) groups excluding carboxylic acids is 2. The van der Waals surface area contributed by atoms with Gasteiger partial charge in [0.25, 0.3) is 5.91 Å². The second kappa shape index (κ2) is 9.05. The molecule has 150 valence electrons. The third-order valence-corrected chi connectivity index (χ3v) is 6.10. The molecule has 0 bridgehead atoms. The Kier molecular flexibility index (Phi) is 6.05. The van der Waals surface area contributed by atoms with Gasteiger partial charge in [-0.25, -0.2) is 0 Å². The van der Waals surface area contributed by atoms with Crippen molar-refractivity contribution in [2.24, 2.45) is 5.92 Å². The average Bonchev–Trinajstić information content (AvgIpc) is 3.43. The van der Waals surface area contributed by atoms with E-state index in [1.54, 1.807) is 10.9 Å². The second-order valence-electron chi connectivity index (χ2n) is 7.33. The van der Waals surface area contributed by atoms with E-state index < -0.39 is 0 Å². The fourth-order valence-corrected chi connectivity index (χ4v) is 4.41. The van der Waals surface area contributed by atoms with Crippen molar-refractivity contribution >= 4 is 23.2 Å². The molecule has 0 saturated heterocycles. The maximum Gasteiger partial charge on any atom is 0.273 e. The van der Waals surface area contributed by atoms with Crippen LogP contribution in [0.5, 0.6) is 0 Å². The predicted octanol–water partition coefficient (Wildman–Crippen LogP) is 4.00. The molecule has 3 aromatic rings. The van der Waals surface area contributed by atoms with E-state index >= 15 is 0 Å². The Hall–Kier alpha value is -2.93. The molecule has 0 radical (unpaired) electrons. The molecule has 0 aliphatic heterocycles. The Bertz CT molecular complexity index is 960. The molecular weight excluding hydrogens is 384 g/mol. The first kappa shape index (κ1) is 19.4. The molecule has 1 aliphatic carbocycles. The SMILES string of the molecule is O=C(NNC(=O)C1CCCCC1)c1cn(Cc2ccccc2)nc1-c1cccs1. The predicted molar refractivity (Wildman–Crippen MR) is 113 cm³/mol. The number of nitrogens with one attached hydrogen (secondary N) is 2. The summed E-state index contributed by atoms with van der Waals surface area (Å²) in [5.41, 5.74) is 7.38. The quantitative estimate of drug-likeness (QED) is 0.627. The number of hydrazine groups is 1. The molecule has 1 aliphatic rings. The van der Waals surface area contributed by atoms with Crippen LogP contribution in [-0.4, -0.2) is 21.6 Å². The lowest BCUT2D eigenvalue weighted by Crippen LogP contribution is -2.45. The molecule has 1 aromatic carbocycles. The van der Waals surface area contributed by atoms with Gasteiger partial charge in [0.15, 0.2) is 0 Å². The summed E-state index contributed by atoms with van der Waals surface area (Å²) >= 11 is 1.53. The normalized spacial score (nSPS) is 14.5. The number of thiophene rings is 1. The molecule has 7 heteroatoms. The number of amides is 2. The van der Waals surface area contributed by atoms with Gasteiger partial charge >= 0.3 is 0 Å². The zero-order valence-electron chi connectivity index (χ0n) is 16.1. The molecule has 6 nitrogen and oxygen atoms in total. The van der Waals surface area contributed by atoms with Crippen LogP contribution in [-0.2, 0) is 11.3 Å². The number of hydrogen-bond donors (Lipinski definition) is 2. The summed E-state index contributed by atoms with van der Waals surface area (Å²) < 4.78 is 1.77. The molecular formula is C22H24N4O2S. The van der Waals surface area contributed by atoms with E-state index in [2.05, 4.69) is 16.0 Å². The van der Waals surface area contributed by atoms with Gasteiger partial charge in [0, 0.05) is 12.1 Å². The van der Waals surface area contributed by atoms with Crippen LogP contribution in [0.1, 0.15) is 48.0 Å². The zero-order chi connectivity index (χ0) is 20.1. The molecule has 0 spiro atoms. The summed E-state index contributed by atoms with van der Waals surface area (Å²) in [6, 6.07) is 13.9. The fourth-order valence-electron chi connectivity index (χ4n) is 3.69. The topological polar surface area (TPSA) is 76.0 Å². The lowest BCUT2D eigenvalue weighted by atomic mass is 9.89. The maximum absolute atomic E-state index is 12.8. The highest BCUT2D eigenvalue weighted by atomic mass is 32.1. The lowest BCUT2D eigenvalue weighted by Gasteiger charge is -2.20. The van der Waals surface area contributed by atoms with E-state index in [1.165, 1.54) is 17.8 Å². The van der Waals surface area contributed by atoms with Gasteiger partial charge in [0.05, 0.1) is 17.0 Å². The van der Waals surface area contributed by atoms with E-state index in [0.717, 1.165) is 36.1 Å². The second-order valence-corrected chi connectivity index (χ2v) is 8.28. The van der Waals surface area contributed by atoms with E-state index in [4.69, 9.17) is 0 Å². The summed E-state index contributed by atoms with van der Waals surface area (Å²) in [6.07, 6.45) is 6.83. The first-order valence-corrected chi connectivity index (χ1v) is 10.8. The van der Waals surface area contributed by atoms with Crippen LogP contribution >= 0.6 is 11.3 Å². The van der Waals surface area contributed by atoms with Crippen molar-refractivity contribution in [1.29, 1.82) is 0 Å². The molecule has 2 amide bonds. The molecule has 4 rings (SSSR count). The van der Waals surface area contributed by atoms with E-state index in [0.29, 0.717) is 17.8 Å². The highest BCUT2D eigenvalue weighted by Gasteiger charge is 2.23. The van der Waals surface area contributed by atoms with E-state index in [9.17, 15) is 9.59 Å². The maximum atomic E-state index is 12.8. The zero-order valence-corrected chi connectivity index (χ0v) is 17.0.